The molecule has 2 atom stereocenters. The highest BCUT2D eigenvalue weighted by Gasteiger charge is 2.16. The molecule has 2 unspecified atom stereocenters. The third kappa shape index (κ3) is 6.37. The molecule has 1 aromatic rings. The van der Waals surface area contributed by atoms with Crippen molar-refractivity contribution < 1.29 is 14.3 Å². The Morgan fingerprint density at radius 3 is 2.64 bits per heavy atom. The van der Waals surface area contributed by atoms with E-state index in [9.17, 15) is 4.79 Å². The molecule has 4 heteroatoms. The number of carbonyl (C=O) groups is 1. The summed E-state index contributed by atoms with van der Waals surface area (Å²) < 4.78 is 10.8. The van der Waals surface area contributed by atoms with Crippen molar-refractivity contribution in [3.63, 3.8) is 0 Å². The zero-order chi connectivity index (χ0) is 16.4. The van der Waals surface area contributed by atoms with Crippen LogP contribution in [0.25, 0.3) is 0 Å². The number of hydrogen-bond acceptors (Lipinski definition) is 3. The fourth-order valence-electron chi connectivity index (χ4n) is 2.26. The standard InChI is InChI=1S/C18H29NO3/c1-5-7-9-15(6-2)13-19-18(20)14(3)22-17-11-8-10-16(12-17)21-4/h8,10-12,14-15H,5-7,9,13H2,1-4H3,(H,19,20). The van der Waals surface area contributed by atoms with Crippen LogP contribution in [0.1, 0.15) is 46.5 Å². The van der Waals surface area contributed by atoms with E-state index in [1.165, 1.54) is 19.3 Å². The summed E-state index contributed by atoms with van der Waals surface area (Å²) in [6, 6.07) is 7.29. The highest BCUT2D eigenvalue weighted by atomic mass is 16.5. The second-order valence-corrected chi connectivity index (χ2v) is 5.60. The first kappa shape index (κ1) is 18.3. The van der Waals surface area contributed by atoms with E-state index >= 15 is 0 Å². The van der Waals surface area contributed by atoms with Crippen LogP contribution in [0.4, 0.5) is 0 Å². The first-order chi connectivity index (χ1) is 10.6. The molecule has 0 saturated carbocycles. The lowest BCUT2D eigenvalue weighted by molar-refractivity contribution is -0.127. The van der Waals surface area contributed by atoms with Crippen molar-refractivity contribution in [2.24, 2.45) is 5.92 Å². The first-order valence-electron chi connectivity index (χ1n) is 8.19. The minimum Gasteiger partial charge on any atom is -0.497 e. The summed E-state index contributed by atoms with van der Waals surface area (Å²) in [4.78, 5) is 12.1. The van der Waals surface area contributed by atoms with Crippen LogP contribution in [0, 0.1) is 5.92 Å². The average molecular weight is 307 g/mol. The van der Waals surface area contributed by atoms with Gasteiger partial charge in [-0.25, -0.2) is 0 Å². The maximum atomic E-state index is 12.1. The molecule has 0 heterocycles. The number of amides is 1. The summed E-state index contributed by atoms with van der Waals surface area (Å²) in [5.74, 6) is 1.83. The highest BCUT2D eigenvalue weighted by molar-refractivity contribution is 5.80. The molecule has 1 amide bonds. The summed E-state index contributed by atoms with van der Waals surface area (Å²) in [6.07, 6.45) is 4.14. The van der Waals surface area contributed by atoms with Gasteiger partial charge in [0.15, 0.2) is 6.10 Å². The van der Waals surface area contributed by atoms with Gasteiger partial charge in [-0.15, -0.1) is 0 Å². The minimum atomic E-state index is -0.518. The van der Waals surface area contributed by atoms with E-state index in [4.69, 9.17) is 9.47 Å². The SMILES string of the molecule is CCCCC(CC)CNC(=O)C(C)Oc1cccc(OC)c1. The molecule has 1 aromatic carbocycles. The maximum Gasteiger partial charge on any atom is 0.260 e. The van der Waals surface area contributed by atoms with E-state index in [1.54, 1.807) is 20.1 Å². The van der Waals surface area contributed by atoms with Gasteiger partial charge in [-0.3, -0.25) is 4.79 Å². The number of unbranched alkanes of at least 4 members (excludes halogenated alkanes) is 1. The molecule has 124 valence electrons. The number of benzene rings is 1. The van der Waals surface area contributed by atoms with E-state index < -0.39 is 6.10 Å². The van der Waals surface area contributed by atoms with Crippen LogP contribution in [-0.4, -0.2) is 25.7 Å². The summed E-state index contributed by atoms with van der Waals surface area (Å²) in [7, 11) is 1.61. The molecular weight excluding hydrogens is 278 g/mol. The van der Waals surface area contributed by atoms with Crippen LogP contribution in [0.5, 0.6) is 11.5 Å². The Labute approximate surface area is 134 Å². The number of ether oxygens (including phenoxy) is 2. The normalized spacial score (nSPS) is 13.3. The Hall–Kier alpha value is -1.71. The monoisotopic (exact) mass is 307 g/mol. The van der Waals surface area contributed by atoms with Gasteiger partial charge in [0.1, 0.15) is 11.5 Å². The summed E-state index contributed by atoms with van der Waals surface area (Å²) in [5.41, 5.74) is 0. The molecule has 0 spiro atoms. The molecule has 0 aromatic heterocycles. The third-order valence-electron chi connectivity index (χ3n) is 3.83. The molecule has 0 saturated heterocycles. The first-order valence-corrected chi connectivity index (χ1v) is 8.19. The second kappa shape index (κ2) is 10.1. The van der Waals surface area contributed by atoms with Crippen LogP contribution in [0.3, 0.4) is 0 Å². The molecule has 0 aliphatic rings. The topological polar surface area (TPSA) is 47.6 Å². The lowest BCUT2D eigenvalue weighted by Crippen LogP contribution is -2.38. The zero-order valence-corrected chi connectivity index (χ0v) is 14.2. The van der Waals surface area contributed by atoms with Crippen molar-refractivity contribution in [1.29, 1.82) is 0 Å². The molecule has 22 heavy (non-hydrogen) atoms. The van der Waals surface area contributed by atoms with Gasteiger partial charge < -0.3 is 14.8 Å². The largest absolute Gasteiger partial charge is 0.497 e. The number of nitrogens with one attached hydrogen (secondary N) is 1. The molecule has 0 bridgehead atoms. The van der Waals surface area contributed by atoms with E-state index in [0.29, 0.717) is 11.7 Å². The van der Waals surface area contributed by atoms with Crippen LogP contribution in [-0.2, 0) is 4.79 Å². The highest BCUT2D eigenvalue weighted by Crippen LogP contribution is 2.20. The molecule has 0 radical (unpaired) electrons. The number of carbonyl (C=O) groups excluding carboxylic acids is 1. The van der Waals surface area contributed by atoms with E-state index in [1.807, 2.05) is 18.2 Å². The zero-order valence-electron chi connectivity index (χ0n) is 14.2. The number of rotatable bonds is 10. The summed E-state index contributed by atoms with van der Waals surface area (Å²) in [5, 5.41) is 3.00. The average Bonchev–Trinajstić information content (AvgIpc) is 2.54. The third-order valence-corrected chi connectivity index (χ3v) is 3.83. The Morgan fingerprint density at radius 2 is 2.00 bits per heavy atom. The fourth-order valence-corrected chi connectivity index (χ4v) is 2.26. The van der Waals surface area contributed by atoms with Crippen molar-refractivity contribution in [2.75, 3.05) is 13.7 Å². The van der Waals surface area contributed by atoms with E-state index in [2.05, 4.69) is 19.2 Å². The Morgan fingerprint density at radius 1 is 1.27 bits per heavy atom. The van der Waals surface area contributed by atoms with Crippen LogP contribution in [0.15, 0.2) is 24.3 Å². The quantitative estimate of drug-likeness (QED) is 0.715. The molecule has 1 rings (SSSR count). The Kier molecular flexibility index (Phi) is 8.41. The molecule has 0 fully saturated rings. The van der Waals surface area contributed by atoms with E-state index in [-0.39, 0.29) is 5.91 Å². The molecule has 1 N–H and O–H groups in total. The van der Waals surface area contributed by atoms with Gasteiger partial charge in [0.05, 0.1) is 7.11 Å². The van der Waals surface area contributed by atoms with Crippen molar-refractivity contribution >= 4 is 5.91 Å². The van der Waals surface area contributed by atoms with Crippen molar-refractivity contribution in [3.8, 4) is 11.5 Å². The van der Waals surface area contributed by atoms with Gasteiger partial charge in [-0.2, -0.15) is 0 Å². The van der Waals surface area contributed by atoms with Crippen LogP contribution < -0.4 is 14.8 Å². The number of hydrogen-bond donors (Lipinski definition) is 1. The minimum absolute atomic E-state index is 0.0715. The van der Waals surface area contributed by atoms with Gasteiger partial charge >= 0.3 is 0 Å². The van der Waals surface area contributed by atoms with Crippen molar-refractivity contribution in [1.82, 2.24) is 5.32 Å². The summed E-state index contributed by atoms with van der Waals surface area (Å²) >= 11 is 0. The lowest BCUT2D eigenvalue weighted by Gasteiger charge is -2.18. The molecule has 0 aliphatic heterocycles. The van der Waals surface area contributed by atoms with E-state index in [0.717, 1.165) is 18.7 Å². The van der Waals surface area contributed by atoms with Gasteiger partial charge in [0, 0.05) is 12.6 Å². The lowest BCUT2D eigenvalue weighted by atomic mass is 9.99. The predicted molar refractivity (Wildman–Crippen MR) is 89.4 cm³/mol. The van der Waals surface area contributed by atoms with Crippen LogP contribution >= 0.6 is 0 Å². The second-order valence-electron chi connectivity index (χ2n) is 5.60. The smallest absolute Gasteiger partial charge is 0.260 e. The Balaban J connectivity index is 2.43. The number of methoxy groups -OCH3 is 1. The van der Waals surface area contributed by atoms with Crippen molar-refractivity contribution in [3.05, 3.63) is 24.3 Å². The van der Waals surface area contributed by atoms with Crippen molar-refractivity contribution in [2.45, 2.75) is 52.6 Å². The van der Waals surface area contributed by atoms with Crippen LogP contribution in [0.2, 0.25) is 0 Å². The fraction of sp³-hybridized carbons (Fsp3) is 0.611. The maximum absolute atomic E-state index is 12.1. The van der Waals surface area contributed by atoms with Gasteiger partial charge in [0.25, 0.3) is 5.91 Å². The van der Waals surface area contributed by atoms with Gasteiger partial charge in [-0.1, -0.05) is 39.2 Å². The summed E-state index contributed by atoms with van der Waals surface area (Å²) in [6.45, 7) is 6.85. The van der Waals surface area contributed by atoms with Gasteiger partial charge in [0.2, 0.25) is 0 Å². The Bertz CT molecular complexity index is 448. The molecule has 0 aliphatic carbocycles. The molecular formula is C18H29NO3. The predicted octanol–water partition coefficient (Wildman–Crippen LogP) is 3.80. The van der Waals surface area contributed by atoms with Gasteiger partial charge in [-0.05, 0) is 31.4 Å². The molecule has 4 nitrogen and oxygen atoms in total.